The molecular formula is C30H38N4O3. The molecule has 0 aromatic heterocycles. The maximum Gasteiger partial charge on any atom is 0.252 e. The fraction of sp³-hybridized carbons (Fsp3) is 0.467. The summed E-state index contributed by atoms with van der Waals surface area (Å²) in [4.78, 5) is 46.8. The Kier molecular flexibility index (Phi) is 8.10. The van der Waals surface area contributed by atoms with Crippen LogP contribution < -0.4 is 15.5 Å². The molecular weight excluding hydrogens is 464 g/mol. The Labute approximate surface area is 219 Å². The molecule has 0 radical (unpaired) electrons. The first-order chi connectivity index (χ1) is 17.7. The minimum atomic E-state index is -0.899. The van der Waals surface area contributed by atoms with Crippen LogP contribution in [0.1, 0.15) is 64.9 Å². The number of hydrogen-bond donors (Lipinski definition) is 2. The van der Waals surface area contributed by atoms with Crippen molar-refractivity contribution in [2.24, 2.45) is 16.3 Å². The van der Waals surface area contributed by atoms with E-state index in [9.17, 15) is 14.4 Å². The molecule has 1 saturated carbocycles. The quantitative estimate of drug-likeness (QED) is 0.526. The van der Waals surface area contributed by atoms with Gasteiger partial charge in [-0.2, -0.15) is 0 Å². The average Bonchev–Trinajstić information content (AvgIpc) is 2.99. The number of fused-ring (bicyclic) bond motifs is 1. The van der Waals surface area contributed by atoms with E-state index in [-0.39, 0.29) is 36.5 Å². The Morgan fingerprint density at radius 3 is 2.41 bits per heavy atom. The number of benzodiazepines with no additional fused rings is 1. The van der Waals surface area contributed by atoms with E-state index in [0.29, 0.717) is 11.4 Å². The number of rotatable bonds is 7. The lowest BCUT2D eigenvalue weighted by Gasteiger charge is -2.28. The number of aliphatic imine (C=N–C) groups is 1. The number of Topliss-reactive ketones (excluding diaryl/α,β-unsaturated/α-hetero) is 1. The highest BCUT2D eigenvalue weighted by atomic mass is 16.2. The van der Waals surface area contributed by atoms with E-state index in [1.54, 1.807) is 4.90 Å². The monoisotopic (exact) mass is 502 g/mol. The number of anilines is 3. The average molecular weight is 503 g/mol. The van der Waals surface area contributed by atoms with Crippen LogP contribution in [0.2, 0.25) is 0 Å². The van der Waals surface area contributed by atoms with Crippen LogP contribution in [-0.2, 0) is 14.4 Å². The molecule has 7 nitrogen and oxygen atoms in total. The van der Waals surface area contributed by atoms with E-state index in [1.807, 2.05) is 76.3 Å². The van der Waals surface area contributed by atoms with Crippen molar-refractivity contribution in [3.63, 3.8) is 0 Å². The number of nitrogens with zero attached hydrogens (tertiary/aromatic N) is 2. The first kappa shape index (κ1) is 26.6. The van der Waals surface area contributed by atoms with Crippen LogP contribution in [-0.4, -0.2) is 42.9 Å². The first-order valence-corrected chi connectivity index (χ1v) is 13.3. The zero-order valence-electron chi connectivity index (χ0n) is 22.3. The Morgan fingerprint density at radius 2 is 1.70 bits per heavy atom. The van der Waals surface area contributed by atoms with Gasteiger partial charge < -0.3 is 15.5 Å². The Balaban J connectivity index is 1.70. The third kappa shape index (κ3) is 6.27. The van der Waals surface area contributed by atoms with Gasteiger partial charge >= 0.3 is 0 Å². The van der Waals surface area contributed by atoms with E-state index < -0.39 is 11.5 Å². The third-order valence-electron chi connectivity index (χ3n) is 7.26. The van der Waals surface area contributed by atoms with E-state index >= 15 is 0 Å². The van der Waals surface area contributed by atoms with Crippen molar-refractivity contribution in [1.29, 1.82) is 0 Å². The van der Waals surface area contributed by atoms with Gasteiger partial charge in [-0.05, 0) is 37.1 Å². The number of carbonyl (C=O) groups is 3. The molecule has 37 heavy (non-hydrogen) atoms. The molecule has 0 saturated heterocycles. The SMILES string of the molecule is CNc1cccc(NC(=O)C[C@@H]2N=C(C3CCCCC3)c3ccccc3N(CC(=O)C(C)(C)C)C2=O)c1. The van der Waals surface area contributed by atoms with E-state index in [2.05, 4.69) is 10.6 Å². The van der Waals surface area contributed by atoms with Crippen molar-refractivity contribution in [2.75, 3.05) is 29.1 Å². The molecule has 1 heterocycles. The lowest BCUT2D eigenvalue weighted by Crippen LogP contribution is -2.44. The van der Waals surface area contributed by atoms with Crippen LogP contribution in [0.4, 0.5) is 17.1 Å². The van der Waals surface area contributed by atoms with Gasteiger partial charge in [-0.3, -0.25) is 19.4 Å². The summed E-state index contributed by atoms with van der Waals surface area (Å²) < 4.78 is 0. The zero-order valence-corrected chi connectivity index (χ0v) is 22.3. The highest BCUT2D eigenvalue weighted by molar-refractivity contribution is 6.16. The number of benzene rings is 2. The molecule has 4 rings (SSSR count). The van der Waals surface area contributed by atoms with Crippen molar-refractivity contribution >= 4 is 40.4 Å². The van der Waals surface area contributed by atoms with E-state index in [4.69, 9.17) is 4.99 Å². The predicted molar refractivity (Wildman–Crippen MR) is 149 cm³/mol. The summed E-state index contributed by atoms with van der Waals surface area (Å²) in [6, 6.07) is 14.3. The molecule has 0 spiro atoms. The second-order valence-electron chi connectivity index (χ2n) is 11.1. The summed E-state index contributed by atoms with van der Waals surface area (Å²) in [6.45, 7) is 5.53. The maximum atomic E-state index is 14.0. The summed E-state index contributed by atoms with van der Waals surface area (Å²) >= 11 is 0. The van der Waals surface area contributed by atoms with Gasteiger partial charge in [0.05, 0.1) is 18.7 Å². The molecule has 1 aliphatic heterocycles. The molecule has 2 aromatic carbocycles. The van der Waals surface area contributed by atoms with Gasteiger partial charge in [0.15, 0.2) is 5.78 Å². The first-order valence-electron chi connectivity index (χ1n) is 13.3. The van der Waals surface area contributed by atoms with Crippen molar-refractivity contribution in [3.8, 4) is 0 Å². The fourth-order valence-corrected chi connectivity index (χ4v) is 5.04. The van der Waals surface area contributed by atoms with Gasteiger partial charge in [-0.15, -0.1) is 0 Å². The molecule has 1 aliphatic carbocycles. The van der Waals surface area contributed by atoms with Crippen molar-refractivity contribution in [2.45, 2.75) is 65.3 Å². The number of para-hydroxylation sites is 1. The second kappa shape index (κ2) is 11.3. The lowest BCUT2D eigenvalue weighted by atomic mass is 9.82. The molecule has 2 aliphatic rings. The van der Waals surface area contributed by atoms with Crippen LogP contribution in [0.15, 0.2) is 53.5 Å². The van der Waals surface area contributed by atoms with E-state index in [0.717, 1.165) is 42.6 Å². The minimum Gasteiger partial charge on any atom is -0.388 e. The van der Waals surface area contributed by atoms with Gasteiger partial charge in [-0.1, -0.05) is 64.3 Å². The molecule has 1 fully saturated rings. The molecule has 196 valence electrons. The Morgan fingerprint density at radius 1 is 1.00 bits per heavy atom. The fourth-order valence-electron chi connectivity index (χ4n) is 5.04. The summed E-state index contributed by atoms with van der Waals surface area (Å²) in [5.41, 5.74) is 3.43. The highest BCUT2D eigenvalue weighted by Gasteiger charge is 2.37. The number of amides is 2. The van der Waals surface area contributed by atoms with Crippen molar-refractivity contribution in [3.05, 3.63) is 54.1 Å². The van der Waals surface area contributed by atoms with Crippen LogP contribution in [0.25, 0.3) is 0 Å². The number of nitrogens with one attached hydrogen (secondary N) is 2. The molecule has 7 heteroatoms. The smallest absolute Gasteiger partial charge is 0.252 e. The molecule has 2 N–H and O–H groups in total. The summed E-state index contributed by atoms with van der Waals surface area (Å²) in [7, 11) is 1.82. The van der Waals surface area contributed by atoms with Crippen LogP contribution in [0, 0.1) is 11.3 Å². The molecule has 0 bridgehead atoms. The van der Waals surface area contributed by atoms with E-state index in [1.165, 1.54) is 6.42 Å². The Bertz CT molecular complexity index is 1190. The summed E-state index contributed by atoms with van der Waals surface area (Å²) in [5.74, 6) is -0.399. The minimum absolute atomic E-state index is 0.0381. The van der Waals surface area contributed by atoms with Gasteiger partial charge in [0.2, 0.25) is 5.91 Å². The summed E-state index contributed by atoms with van der Waals surface area (Å²) in [6.07, 6.45) is 5.38. The number of ketones is 1. The maximum absolute atomic E-state index is 14.0. The second-order valence-corrected chi connectivity index (χ2v) is 11.1. The van der Waals surface area contributed by atoms with Crippen molar-refractivity contribution < 1.29 is 14.4 Å². The number of hydrogen-bond acceptors (Lipinski definition) is 5. The third-order valence-corrected chi connectivity index (χ3v) is 7.26. The topological polar surface area (TPSA) is 90.9 Å². The predicted octanol–water partition coefficient (Wildman–Crippen LogP) is 5.46. The van der Waals surface area contributed by atoms with Crippen LogP contribution >= 0.6 is 0 Å². The van der Waals surface area contributed by atoms with Gasteiger partial charge in [0.25, 0.3) is 5.91 Å². The highest BCUT2D eigenvalue weighted by Crippen LogP contribution is 2.35. The van der Waals surface area contributed by atoms with Crippen LogP contribution in [0.5, 0.6) is 0 Å². The Hall–Kier alpha value is -3.48. The van der Waals surface area contributed by atoms with Crippen LogP contribution in [0.3, 0.4) is 0 Å². The largest absolute Gasteiger partial charge is 0.388 e. The summed E-state index contributed by atoms with van der Waals surface area (Å²) in [5, 5.41) is 5.97. The van der Waals surface area contributed by atoms with Gasteiger partial charge in [-0.25, -0.2) is 0 Å². The number of carbonyl (C=O) groups excluding carboxylic acids is 3. The normalized spacial score (nSPS) is 18.5. The molecule has 0 unspecified atom stereocenters. The zero-order chi connectivity index (χ0) is 26.6. The lowest BCUT2D eigenvalue weighted by molar-refractivity contribution is -0.128. The van der Waals surface area contributed by atoms with Gasteiger partial charge in [0.1, 0.15) is 6.04 Å². The molecule has 2 amide bonds. The van der Waals surface area contributed by atoms with Gasteiger partial charge in [0, 0.05) is 41.0 Å². The van der Waals surface area contributed by atoms with Crippen molar-refractivity contribution in [1.82, 2.24) is 0 Å². The molecule has 2 aromatic rings. The standard InChI is InChI=1S/C30H38N4O3/c1-30(2,3)26(35)19-34-25-16-9-8-15-23(25)28(20-11-6-5-7-12-20)33-24(29(34)37)18-27(36)32-22-14-10-13-21(17-22)31-4/h8-10,13-17,20,24,31H,5-7,11-12,18-19H2,1-4H3,(H,32,36)/t24-/m0/s1. The molecule has 1 atom stereocenters.